The molecule has 1 spiro atoms. The molecular formula is C19H20N4O4. The molecule has 1 aromatic carbocycles. The first-order chi connectivity index (χ1) is 13.1. The van der Waals surface area contributed by atoms with Gasteiger partial charge in [0.2, 0.25) is 5.91 Å². The number of benzene rings is 1. The minimum absolute atomic E-state index is 0.0638. The third kappa shape index (κ3) is 3.42. The molecule has 8 nitrogen and oxygen atoms in total. The highest BCUT2D eigenvalue weighted by Gasteiger charge is 2.42. The quantitative estimate of drug-likeness (QED) is 0.830. The molecule has 1 atom stereocenters. The van der Waals surface area contributed by atoms with Crippen LogP contribution < -0.4 is 15.7 Å². The number of nitrogens with zero attached hydrogens (tertiary/aromatic N) is 3. The lowest BCUT2D eigenvalue weighted by atomic mass is 9.92. The van der Waals surface area contributed by atoms with Gasteiger partial charge in [0, 0.05) is 18.9 Å². The lowest BCUT2D eigenvalue weighted by Gasteiger charge is -2.42. The van der Waals surface area contributed by atoms with Crippen LogP contribution in [-0.2, 0) is 11.3 Å². The molecule has 2 aromatic rings. The molecule has 8 heteroatoms. The van der Waals surface area contributed by atoms with E-state index < -0.39 is 11.3 Å². The first kappa shape index (κ1) is 17.3. The van der Waals surface area contributed by atoms with Crippen molar-refractivity contribution in [1.29, 1.82) is 0 Å². The molecular weight excluding hydrogens is 348 g/mol. The topological polar surface area (TPSA) is 93.5 Å². The Morgan fingerprint density at radius 1 is 1.26 bits per heavy atom. The summed E-state index contributed by atoms with van der Waals surface area (Å²) in [7, 11) is 0. The lowest BCUT2D eigenvalue weighted by Crippen LogP contribution is -2.58. The SMILES string of the molecule is O=C1NCC2(CCCN(C(=O)Cn3cccnc3=O)C2)Oc2ccccc21. The predicted octanol–water partition coefficient (Wildman–Crippen LogP) is 0.427. The number of carbonyl (C=O) groups excluding carboxylic acids is 2. The second-order valence-electron chi connectivity index (χ2n) is 6.91. The Morgan fingerprint density at radius 3 is 2.96 bits per heavy atom. The molecule has 2 amide bonds. The molecule has 0 radical (unpaired) electrons. The van der Waals surface area contributed by atoms with Crippen LogP contribution in [0, 0.1) is 0 Å². The number of piperidine rings is 1. The molecule has 0 saturated carbocycles. The molecule has 1 saturated heterocycles. The number of amides is 2. The normalized spacial score (nSPS) is 21.8. The second kappa shape index (κ2) is 6.86. The zero-order valence-corrected chi connectivity index (χ0v) is 14.8. The maximum absolute atomic E-state index is 12.7. The number of aromatic nitrogens is 2. The molecule has 3 heterocycles. The zero-order chi connectivity index (χ0) is 18.9. The number of fused-ring (bicyclic) bond motifs is 1. The van der Waals surface area contributed by atoms with Crippen molar-refractivity contribution in [1.82, 2.24) is 19.8 Å². The van der Waals surface area contributed by atoms with Gasteiger partial charge >= 0.3 is 5.69 Å². The van der Waals surface area contributed by atoms with E-state index >= 15 is 0 Å². The zero-order valence-electron chi connectivity index (χ0n) is 14.8. The van der Waals surface area contributed by atoms with Crippen molar-refractivity contribution in [2.45, 2.75) is 25.0 Å². The number of carbonyl (C=O) groups is 2. The molecule has 1 aromatic heterocycles. The average Bonchev–Trinajstić information content (AvgIpc) is 2.81. The standard InChI is InChI=1S/C19H20N4O4/c24-16(11-22-10-4-8-20-18(22)26)23-9-3-7-19(13-23)12-21-17(25)14-5-1-2-6-15(14)27-19/h1-2,4-6,8,10H,3,7,9,11-13H2,(H,21,25). The first-order valence-corrected chi connectivity index (χ1v) is 8.92. The third-order valence-corrected chi connectivity index (χ3v) is 5.01. The van der Waals surface area contributed by atoms with Crippen molar-refractivity contribution in [3.8, 4) is 5.75 Å². The molecule has 140 valence electrons. The average molecular weight is 368 g/mol. The Bertz CT molecular complexity index is 941. The van der Waals surface area contributed by atoms with Gasteiger partial charge in [-0.1, -0.05) is 12.1 Å². The van der Waals surface area contributed by atoms with Crippen LogP contribution >= 0.6 is 0 Å². The molecule has 1 N–H and O–H groups in total. The Morgan fingerprint density at radius 2 is 2.11 bits per heavy atom. The van der Waals surface area contributed by atoms with E-state index in [9.17, 15) is 14.4 Å². The number of para-hydroxylation sites is 1. The maximum Gasteiger partial charge on any atom is 0.347 e. The van der Waals surface area contributed by atoms with E-state index in [-0.39, 0.29) is 18.4 Å². The number of nitrogens with one attached hydrogen (secondary N) is 1. The van der Waals surface area contributed by atoms with Crippen molar-refractivity contribution in [3.05, 3.63) is 58.8 Å². The molecule has 2 aliphatic heterocycles. The maximum atomic E-state index is 12.7. The van der Waals surface area contributed by atoms with E-state index in [0.29, 0.717) is 30.9 Å². The molecule has 2 aliphatic rings. The van der Waals surface area contributed by atoms with Crippen LogP contribution in [0.2, 0.25) is 0 Å². The van der Waals surface area contributed by atoms with Crippen molar-refractivity contribution in [2.24, 2.45) is 0 Å². The van der Waals surface area contributed by atoms with Gasteiger partial charge in [0.25, 0.3) is 5.91 Å². The molecule has 0 aliphatic carbocycles. The van der Waals surface area contributed by atoms with Gasteiger partial charge in [0.15, 0.2) is 0 Å². The third-order valence-electron chi connectivity index (χ3n) is 5.01. The Labute approximate surface area is 155 Å². The molecule has 1 unspecified atom stereocenters. The number of ether oxygens (including phenoxy) is 1. The summed E-state index contributed by atoms with van der Waals surface area (Å²) in [6.45, 7) is 1.22. The van der Waals surface area contributed by atoms with Gasteiger partial charge in [-0.3, -0.25) is 14.2 Å². The summed E-state index contributed by atoms with van der Waals surface area (Å²) >= 11 is 0. The summed E-state index contributed by atoms with van der Waals surface area (Å²) in [5.41, 5.74) is -0.625. The van der Waals surface area contributed by atoms with Gasteiger partial charge in [0.1, 0.15) is 17.9 Å². The predicted molar refractivity (Wildman–Crippen MR) is 96.4 cm³/mol. The van der Waals surface area contributed by atoms with Crippen molar-refractivity contribution in [3.63, 3.8) is 0 Å². The van der Waals surface area contributed by atoms with E-state index in [4.69, 9.17) is 4.74 Å². The van der Waals surface area contributed by atoms with Crippen molar-refractivity contribution >= 4 is 11.8 Å². The monoisotopic (exact) mass is 368 g/mol. The second-order valence-corrected chi connectivity index (χ2v) is 6.91. The fraction of sp³-hybridized carbons (Fsp3) is 0.368. The first-order valence-electron chi connectivity index (χ1n) is 8.92. The Hall–Kier alpha value is -3.16. The van der Waals surface area contributed by atoms with Gasteiger partial charge in [0.05, 0.1) is 18.7 Å². The van der Waals surface area contributed by atoms with Crippen molar-refractivity contribution in [2.75, 3.05) is 19.6 Å². The van der Waals surface area contributed by atoms with Crippen LogP contribution in [0.25, 0.3) is 0 Å². The number of hydrogen-bond acceptors (Lipinski definition) is 5. The summed E-state index contributed by atoms with van der Waals surface area (Å²) in [5, 5.41) is 2.91. The van der Waals surface area contributed by atoms with Gasteiger partial charge in [-0.05, 0) is 31.0 Å². The number of likely N-dealkylation sites (tertiary alicyclic amines) is 1. The summed E-state index contributed by atoms with van der Waals surface area (Å²) in [6, 6.07) is 8.74. The van der Waals surface area contributed by atoms with Gasteiger partial charge in [-0.25, -0.2) is 9.78 Å². The minimum Gasteiger partial charge on any atom is -0.483 e. The highest BCUT2D eigenvalue weighted by molar-refractivity contribution is 5.97. The fourth-order valence-electron chi connectivity index (χ4n) is 3.64. The smallest absolute Gasteiger partial charge is 0.347 e. The minimum atomic E-state index is -0.671. The van der Waals surface area contributed by atoms with E-state index in [1.54, 1.807) is 35.4 Å². The number of hydrogen-bond donors (Lipinski definition) is 1. The molecule has 0 bridgehead atoms. The van der Waals surface area contributed by atoms with Crippen LogP contribution in [0.5, 0.6) is 5.75 Å². The summed E-state index contributed by atoms with van der Waals surface area (Å²) in [4.78, 5) is 42.2. The van der Waals surface area contributed by atoms with Crippen molar-refractivity contribution < 1.29 is 14.3 Å². The highest BCUT2D eigenvalue weighted by atomic mass is 16.5. The number of rotatable bonds is 2. The van der Waals surface area contributed by atoms with Crippen LogP contribution in [0.4, 0.5) is 0 Å². The fourth-order valence-corrected chi connectivity index (χ4v) is 3.64. The molecule has 27 heavy (non-hydrogen) atoms. The van der Waals surface area contributed by atoms with E-state index in [1.165, 1.54) is 10.8 Å². The Balaban J connectivity index is 1.54. The van der Waals surface area contributed by atoms with E-state index in [2.05, 4.69) is 10.3 Å². The van der Waals surface area contributed by atoms with Gasteiger partial charge in [-0.2, -0.15) is 0 Å². The van der Waals surface area contributed by atoms with Crippen LogP contribution in [0.3, 0.4) is 0 Å². The summed E-state index contributed by atoms with van der Waals surface area (Å²) in [5.74, 6) is 0.190. The van der Waals surface area contributed by atoms with E-state index in [1.807, 2.05) is 6.07 Å². The van der Waals surface area contributed by atoms with Gasteiger partial charge in [-0.15, -0.1) is 0 Å². The van der Waals surface area contributed by atoms with E-state index in [0.717, 1.165) is 12.8 Å². The Kier molecular flexibility index (Phi) is 4.39. The van der Waals surface area contributed by atoms with Crippen LogP contribution in [0.15, 0.2) is 47.5 Å². The van der Waals surface area contributed by atoms with Crippen LogP contribution in [-0.4, -0.2) is 51.5 Å². The molecule has 4 rings (SSSR count). The largest absolute Gasteiger partial charge is 0.483 e. The molecule has 1 fully saturated rings. The highest BCUT2D eigenvalue weighted by Crippen LogP contribution is 2.32. The summed E-state index contributed by atoms with van der Waals surface area (Å²) in [6.07, 6.45) is 4.44. The summed E-state index contributed by atoms with van der Waals surface area (Å²) < 4.78 is 7.54. The van der Waals surface area contributed by atoms with Crippen LogP contribution in [0.1, 0.15) is 23.2 Å². The lowest BCUT2D eigenvalue weighted by molar-refractivity contribution is -0.137. The van der Waals surface area contributed by atoms with Gasteiger partial charge < -0.3 is 15.0 Å².